The zero-order chi connectivity index (χ0) is 18.1. The highest BCUT2D eigenvalue weighted by molar-refractivity contribution is 7.10. The fourth-order valence-corrected chi connectivity index (χ4v) is 3.06. The minimum absolute atomic E-state index is 0.102. The molecule has 1 aromatic heterocycles. The van der Waals surface area contributed by atoms with E-state index >= 15 is 0 Å². The van der Waals surface area contributed by atoms with Crippen LogP contribution in [0.1, 0.15) is 35.7 Å². The number of rotatable bonds is 9. The maximum Gasteiger partial charge on any atom is 0.307 e. The fraction of sp³-hybridized carbons (Fsp3) is 0.368. The van der Waals surface area contributed by atoms with Gasteiger partial charge in [-0.05, 0) is 36.9 Å². The Bertz CT molecular complexity index is 667. The third-order valence-electron chi connectivity index (χ3n) is 3.66. The molecule has 2 aromatic rings. The molecule has 1 aromatic carbocycles. The number of nitrogens with one attached hydrogen (secondary N) is 1. The number of benzene rings is 1. The van der Waals surface area contributed by atoms with Gasteiger partial charge < -0.3 is 14.8 Å². The number of aryl methyl sites for hydroxylation is 1. The monoisotopic (exact) mass is 361 g/mol. The number of carbonyl (C=O) groups excluding carboxylic acids is 2. The van der Waals surface area contributed by atoms with Crippen molar-refractivity contribution in [3.8, 4) is 5.75 Å². The van der Waals surface area contributed by atoms with Crippen LogP contribution in [0.5, 0.6) is 5.75 Å². The lowest BCUT2D eigenvalue weighted by molar-refractivity contribution is -0.141. The zero-order valence-corrected chi connectivity index (χ0v) is 15.3. The van der Waals surface area contributed by atoms with Crippen LogP contribution in [0.15, 0.2) is 41.8 Å². The molecule has 0 bridgehead atoms. The second-order valence-corrected chi connectivity index (χ2v) is 6.66. The third-order valence-corrected chi connectivity index (χ3v) is 4.64. The van der Waals surface area contributed by atoms with Crippen LogP contribution in [0, 0.1) is 6.92 Å². The highest BCUT2D eigenvalue weighted by Gasteiger charge is 2.19. The molecule has 1 unspecified atom stereocenters. The Kier molecular flexibility index (Phi) is 7.47. The van der Waals surface area contributed by atoms with Gasteiger partial charge in [0.2, 0.25) is 5.91 Å². The molecule has 0 fully saturated rings. The van der Waals surface area contributed by atoms with E-state index in [1.807, 2.05) is 48.7 Å². The summed E-state index contributed by atoms with van der Waals surface area (Å²) in [5, 5.41) is 4.82. The van der Waals surface area contributed by atoms with Gasteiger partial charge in [0, 0.05) is 11.3 Å². The maximum absolute atomic E-state index is 12.2. The highest BCUT2D eigenvalue weighted by atomic mass is 32.1. The number of hydrogen-bond acceptors (Lipinski definition) is 5. The van der Waals surface area contributed by atoms with E-state index in [0.29, 0.717) is 19.4 Å². The van der Waals surface area contributed by atoms with Crippen LogP contribution in [0.25, 0.3) is 0 Å². The van der Waals surface area contributed by atoms with Gasteiger partial charge in [-0.3, -0.25) is 9.59 Å². The molecular weight excluding hydrogens is 338 g/mol. The van der Waals surface area contributed by atoms with E-state index in [1.54, 1.807) is 0 Å². The van der Waals surface area contributed by atoms with Gasteiger partial charge in [-0.15, -0.1) is 11.3 Å². The molecule has 0 aliphatic heterocycles. The van der Waals surface area contributed by atoms with E-state index in [9.17, 15) is 9.59 Å². The van der Waals surface area contributed by atoms with Crippen molar-refractivity contribution in [3.63, 3.8) is 0 Å². The van der Waals surface area contributed by atoms with Crippen molar-refractivity contribution in [2.24, 2.45) is 0 Å². The molecule has 5 nitrogen and oxygen atoms in total. The predicted molar refractivity (Wildman–Crippen MR) is 97.7 cm³/mol. The number of carbonyl (C=O) groups is 2. The summed E-state index contributed by atoms with van der Waals surface area (Å²) in [6, 6.07) is 11.3. The first kappa shape index (κ1) is 19.0. The summed E-state index contributed by atoms with van der Waals surface area (Å²) in [4.78, 5) is 24.7. The molecular formula is C19H23NO4S. The topological polar surface area (TPSA) is 64.6 Å². The SMILES string of the molecule is COC(=O)CC(NC(=O)CCCOc1ccc(C)cc1)c1cccs1. The lowest BCUT2D eigenvalue weighted by atomic mass is 10.1. The van der Waals surface area contributed by atoms with Crippen molar-refractivity contribution >= 4 is 23.2 Å². The lowest BCUT2D eigenvalue weighted by Gasteiger charge is -2.16. The molecule has 1 amide bonds. The molecule has 134 valence electrons. The van der Waals surface area contributed by atoms with Gasteiger partial charge in [0.1, 0.15) is 5.75 Å². The van der Waals surface area contributed by atoms with Gasteiger partial charge in [-0.1, -0.05) is 23.8 Å². The minimum atomic E-state index is -0.349. The number of ether oxygens (including phenoxy) is 2. The van der Waals surface area contributed by atoms with Gasteiger partial charge >= 0.3 is 5.97 Å². The molecule has 6 heteroatoms. The fourth-order valence-electron chi connectivity index (χ4n) is 2.29. The Morgan fingerprint density at radius 1 is 1.20 bits per heavy atom. The first-order valence-corrected chi connectivity index (χ1v) is 9.05. The number of hydrogen-bond donors (Lipinski definition) is 1. The number of amides is 1. The molecule has 0 spiro atoms. The Morgan fingerprint density at radius 3 is 2.60 bits per heavy atom. The van der Waals surface area contributed by atoms with Crippen LogP contribution >= 0.6 is 11.3 Å². The first-order valence-electron chi connectivity index (χ1n) is 8.17. The molecule has 0 saturated heterocycles. The van der Waals surface area contributed by atoms with Crippen LogP contribution in [0.4, 0.5) is 0 Å². The van der Waals surface area contributed by atoms with E-state index in [4.69, 9.17) is 9.47 Å². The Hall–Kier alpha value is -2.34. The van der Waals surface area contributed by atoms with Crippen LogP contribution in [0.2, 0.25) is 0 Å². The smallest absolute Gasteiger partial charge is 0.307 e. The average Bonchev–Trinajstić information content (AvgIpc) is 3.14. The molecule has 0 saturated carbocycles. The van der Waals surface area contributed by atoms with Crippen molar-refractivity contribution in [2.75, 3.05) is 13.7 Å². The van der Waals surface area contributed by atoms with E-state index in [1.165, 1.54) is 24.0 Å². The van der Waals surface area contributed by atoms with Crippen molar-refractivity contribution in [2.45, 2.75) is 32.2 Å². The number of thiophene rings is 1. The molecule has 0 radical (unpaired) electrons. The van der Waals surface area contributed by atoms with E-state index < -0.39 is 0 Å². The summed E-state index contributed by atoms with van der Waals surface area (Å²) in [5.41, 5.74) is 1.18. The predicted octanol–water partition coefficient (Wildman–Crippen LogP) is 3.64. The summed E-state index contributed by atoms with van der Waals surface area (Å²) in [5.74, 6) is 0.351. The molecule has 25 heavy (non-hydrogen) atoms. The minimum Gasteiger partial charge on any atom is -0.494 e. The standard InChI is InChI=1S/C19H23NO4S/c1-14-7-9-15(10-8-14)24-11-3-6-18(21)20-16(13-19(22)23-2)17-5-4-12-25-17/h4-5,7-10,12,16H,3,6,11,13H2,1-2H3,(H,20,21). The number of esters is 1. The van der Waals surface area contributed by atoms with Crippen molar-refractivity contribution in [3.05, 3.63) is 52.2 Å². The van der Waals surface area contributed by atoms with Gasteiger partial charge in [0.05, 0.1) is 26.2 Å². The largest absolute Gasteiger partial charge is 0.494 e. The molecule has 1 heterocycles. The van der Waals surface area contributed by atoms with Crippen molar-refractivity contribution in [1.29, 1.82) is 0 Å². The molecule has 1 N–H and O–H groups in total. The van der Waals surface area contributed by atoms with Crippen LogP contribution in [-0.4, -0.2) is 25.6 Å². The summed E-state index contributed by atoms with van der Waals surface area (Å²) in [7, 11) is 1.35. The van der Waals surface area contributed by atoms with E-state index in [2.05, 4.69) is 5.32 Å². The van der Waals surface area contributed by atoms with Crippen LogP contribution < -0.4 is 10.1 Å². The summed E-state index contributed by atoms with van der Waals surface area (Å²) in [6.07, 6.45) is 1.08. The normalized spacial score (nSPS) is 11.6. The lowest BCUT2D eigenvalue weighted by Crippen LogP contribution is -2.30. The molecule has 1 atom stereocenters. The maximum atomic E-state index is 12.2. The average molecular weight is 361 g/mol. The van der Waals surface area contributed by atoms with Gasteiger partial charge in [0.25, 0.3) is 0 Å². The van der Waals surface area contributed by atoms with Crippen molar-refractivity contribution in [1.82, 2.24) is 5.32 Å². The second-order valence-electron chi connectivity index (χ2n) is 5.68. The Balaban J connectivity index is 1.76. The van der Waals surface area contributed by atoms with E-state index in [0.717, 1.165) is 10.6 Å². The number of methoxy groups -OCH3 is 1. The highest BCUT2D eigenvalue weighted by Crippen LogP contribution is 2.22. The van der Waals surface area contributed by atoms with Crippen molar-refractivity contribution < 1.29 is 19.1 Å². The third kappa shape index (κ3) is 6.58. The Labute approximate surface area is 152 Å². The van der Waals surface area contributed by atoms with Crippen LogP contribution in [0.3, 0.4) is 0 Å². The zero-order valence-electron chi connectivity index (χ0n) is 14.5. The molecule has 0 aliphatic carbocycles. The molecule has 2 rings (SSSR count). The van der Waals surface area contributed by atoms with Gasteiger partial charge in [0.15, 0.2) is 0 Å². The van der Waals surface area contributed by atoms with Crippen LogP contribution in [-0.2, 0) is 14.3 Å². The van der Waals surface area contributed by atoms with E-state index in [-0.39, 0.29) is 24.3 Å². The molecule has 0 aliphatic rings. The van der Waals surface area contributed by atoms with Gasteiger partial charge in [-0.25, -0.2) is 0 Å². The van der Waals surface area contributed by atoms with Gasteiger partial charge in [-0.2, -0.15) is 0 Å². The summed E-state index contributed by atoms with van der Waals surface area (Å²) >= 11 is 1.51. The Morgan fingerprint density at radius 2 is 1.96 bits per heavy atom. The quantitative estimate of drug-likeness (QED) is 0.547. The summed E-state index contributed by atoms with van der Waals surface area (Å²) < 4.78 is 10.3. The second kappa shape index (κ2) is 9.84. The first-order chi connectivity index (χ1) is 12.1. The summed E-state index contributed by atoms with van der Waals surface area (Å²) in [6.45, 7) is 2.49.